The van der Waals surface area contributed by atoms with E-state index in [0.717, 1.165) is 32.1 Å². The van der Waals surface area contributed by atoms with E-state index < -0.39 is 0 Å². The fourth-order valence-electron chi connectivity index (χ4n) is 3.17. The third-order valence-corrected chi connectivity index (χ3v) is 4.94. The molecule has 0 spiro atoms. The van der Waals surface area contributed by atoms with Gasteiger partial charge in [0.25, 0.3) is 0 Å². The van der Waals surface area contributed by atoms with Gasteiger partial charge in [-0.2, -0.15) is 0 Å². The van der Waals surface area contributed by atoms with E-state index in [0.29, 0.717) is 11.4 Å². The zero-order valence-electron chi connectivity index (χ0n) is 15.8. The van der Waals surface area contributed by atoms with E-state index >= 15 is 0 Å². The second kappa shape index (κ2) is 9.36. The van der Waals surface area contributed by atoms with E-state index in [4.69, 9.17) is 0 Å². The molecule has 142 valence electrons. The lowest BCUT2D eigenvalue weighted by Gasteiger charge is -2.28. The first kappa shape index (κ1) is 19.9. The Balaban J connectivity index is 1.81. The molecule has 2 rings (SSSR count). The van der Waals surface area contributed by atoms with E-state index in [1.165, 1.54) is 6.92 Å². The molecule has 0 aliphatic heterocycles. The van der Waals surface area contributed by atoms with E-state index in [1.807, 2.05) is 6.92 Å². The highest BCUT2D eigenvalue weighted by atomic mass is 16.2. The van der Waals surface area contributed by atoms with Crippen molar-refractivity contribution >= 4 is 29.1 Å². The van der Waals surface area contributed by atoms with Gasteiger partial charge in [-0.3, -0.25) is 14.4 Å². The summed E-state index contributed by atoms with van der Waals surface area (Å²) >= 11 is 0. The highest BCUT2D eigenvalue weighted by Gasteiger charge is 2.30. The topological polar surface area (TPSA) is 87.3 Å². The Morgan fingerprint density at radius 1 is 0.923 bits per heavy atom. The van der Waals surface area contributed by atoms with Gasteiger partial charge >= 0.3 is 0 Å². The van der Waals surface area contributed by atoms with Crippen LogP contribution >= 0.6 is 0 Å². The molecule has 0 radical (unpaired) electrons. The van der Waals surface area contributed by atoms with Crippen LogP contribution in [0.3, 0.4) is 0 Å². The molecule has 1 saturated carbocycles. The van der Waals surface area contributed by atoms with Crippen molar-refractivity contribution in [2.75, 3.05) is 10.6 Å². The average Bonchev–Trinajstić information content (AvgIpc) is 2.62. The molecular weight excluding hydrogens is 330 g/mol. The van der Waals surface area contributed by atoms with E-state index in [2.05, 4.69) is 22.9 Å². The van der Waals surface area contributed by atoms with Crippen molar-refractivity contribution in [1.29, 1.82) is 0 Å². The predicted molar refractivity (Wildman–Crippen MR) is 103 cm³/mol. The van der Waals surface area contributed by atoms with Crippen LogP contribution in [0.25, 0.3) is 0 Å². The summed E-state index contributed by atoms with van der Waals surface area (Å²) in [6.07, 6.45) is 3.89. The fourth-order valence-corrected chi connectivity index (χ4v) is 3.17. The average molecular weight is 359 g/mol. The lowest BCUT2D eigenvalue weighted by Crippen LogP contribution is -2.39. The van der Waals surface area contributed by atoms with Gasteiger partial charge in [-0.1, -0.05) is 6.92 Å². The zero-order valence-corrected chi connectivity index (χ0v) is 15.8. The molecule has 0 saturated heterocycles. The number of carbonyl (C=O) groups is 3. The molecule has 1 unspecified atom stereocenters. The molecule has 1 aromatic rings. The summed E-state index contributed by atoms with van der Waals surface area (Å²) in [6, 6.07) is 7.26. The zero-order chi connectivity index (χ0) is 19.1. The Bertz CT molecular complexity index is 634. The van der Waals surface area contributed by atoms with Crippen molar-refractivity contribution in [3.8, 4) is 0 Å². The third-order valence-electron chi connectivity index (χ3n) is 4.94. The first-order valence-electron chi connectivity index (χ1n) is 9.38. The number of benzene rings is 1. The predicted octanol–water partition coefficient (Wildman–Crippen LogP) is 3.30. The Labute approximate surface area is 155 Å². The summed E-state index contributed by atoms with van der Waals surface area (Å²) < 4.78 is 0. The third kappa shape index (κ3) is 5.86. The molecule has 1 aliphatic rings. The van der Waals surface area contributed by atoms with Crippen molar-refractivity contribution in [2.24, 2.45) is 11.8 Å². The van der Waals surface area contributed by atoms with Gasteiger partial charge in [0.05, 0.1) is 0 Å². The fraction of sp³-hybridized carbons (Fsp3) is 0.550. The summed E-state index contributed by atoms with van der Waals surface area (Å²) in [6.45, 7) is 5.51. The van der Waals surface area contributed by atoms with Gasteiger partial charge in [-0.05, 0) is 63.3 Å². The Morgan fingerprint density at radius 3 is 1.85 bits per heavy atom. The molecule has 0 aromatic heterocycles. The van der Waals surface area contributed by atoms with Gasteiger partial charge in [0.15, 0.2) is 0 Å². The number of hydrogen-bond acceptors (Lipinski definition) is 3. The number of carbonyl (C=O) groups excluding carboxylic acids is 3. The second-order valence-corrected chi connectivity index (χ2v) is 7.11. The van der Waals surface area contributed by atoms with Crippen molar-refractivity contribution in [2.45, 2.75) is 58.9 Å². The van der Waals surface area contributed by atoms with Crippen LogP contribution in [-0.4, -0.2) is 23.8 Å². The van der Waals surface area contributed by atoms with E-state index in [-0.39, 0.29) is 35.6 Å². The summed E-state index contributed by atoms with van der Waals surface area (Å²) in [4.78, 5) is 35.7. The van der Waals surface area contributed by atoms with Crippen LogP contribution in [0.4, 0.5) is 11.4 Å². The summed E-state index contributed by atoms with van der Waals surface area (Å²) in [5.74, 6) is -0.0524. The molecule has 1 aliphatic carbocycles. The van der Waals surface area contributed by atoms with Gasteiger partial charge in [-0.15, -0.1) is 0 Å². The van der Waals surface area contributed by atoms with E-state index in [9.17, 15) is 14.4 Å². The lowest BCUT2D eigenvalue weighted by atomic mass is 9.81. The number of hydrogen-bond donors (Lipinski definition) is 3. The second-order valence-electron chi connectivity index (χ2n) is 7.11. The number of nitrogens with one attached hydrogen (secondary N) is 3. The molecule has 1 aromatic carbocycles. The SMILES string of the molecule is CCC(C)NC(=O)C1CCC(C(=O)Nc2ccc(NC(C)=O)cc2)CC1. The number of rotatable bonds is 6. The standard InChI is InChI=1S/C20H29N3O3/c1-4-13(2)21-19(25)15-5-7-16(8-6-15)20(26)23-18-11-9-17(10-12-18)22-14(3)24/h9-13,15-16H,4-8H2,1-3H3,(H,21,25)(H,22,24)(H,23,26). The maximum absolute atomic E-state index is 12.4. The first-order chi connectivity index (χ1) is 12.4. The monoisotopic (exact) mass is 359 g/mol. The minimum absolute atomic E-state index is 0.00179. The lowest BCUT2D eigenvalue weighted by molar-refractivity contribution is -0.129. The molecule has 0 heterocycles. The Hall–Kier alpha value is -2.37. The summed E-state index contributed by atoms with van der Waals surface area (Å²) in [5, 5.41) is 8.65. The minimum atomic E-state index is -0.129. The first-order valence-corrected chi connectivity index (χ1v) is 9.38. The van der Waals surface area contributed by atoms with Gasteiger partial charge in [0.2, 0.25) is 17.7 Å². The molecule has 0 bridgehead atoms. The smallest absolute Gasteiger partial charge is 0.227 e. The van der Waals surface area contributed by atoms with Crippen molar-refractivity contribution in [1.82, 2.24) is 5.32 Å². The van der Waals surface area contributed by atoms with Gasteiger partial charge in [-0.25, -0.2) is 0 Å². The molecule has 1 fully saturated rings. The normalized spacial score (nSPS) is 20.7. The van der Waals surface area contributed by atoms with Crippen LogP contribution in [0, 0.1) is 11.8 Å². The highest BCUT2D eigenvalue weighted by molar-refractivity contribution is 5.93. The van der Waals surface area contributed by atoms with Crippen LogP contribution < -0.4 is 16.0 Å². The van der Waals surface area contributed by atoms with Crippen molar-refractivity contribution in [3.63, 3.8) is 0 Å². The molecule has 26 heavy (non-hydrogen) atoms. The summed E-state index contributed by atoms with van der Waals surface area (Å²) in [7, 11) is 0. The van der Waals surface area contributed by atoms with Crippen LogP contribution in [0.15, 0.2) is 24.3 Å². The molecular formula is C20H29N3O3. The maximum Gasteiger partial charge on any atom is 0.227 e. The van der Waals surface area contributed by atoms with Crippen LogP contribution in [0.1, 0.15) is 52.9 Å². The Kier molecular flexibility index (Phi) is 7.18. The highest BCUT2D eigenvalue weighted by Crippen LogP contribution is 2.30. The van der Waals surface area contributed by atoms with Crippen LogP contribution in [0.2, 0.25) is 0 Å². The largest absolute Gasteiger partial charge is 0.353 e. The number of anilines is 2. The molecule has 6 nitrogen and oxygen atoms in total. The quantitative estimate of drug-likeness (QED) is 0.728. The van der Waals surface area contributed by atoms with Crippen LogP contribution in [0.5, 0.6) is 0 Å². The van der Waals surface area contributed by atoms with Gasteiger partial charge < -0.3 is 16.0 Å². The maximum atomic E-state index is 12.4. The molecule has 1 atom stereocenters. The number of amides is 3. The van der Waals surface area contributed by atoms with Gasteiger partial charge in [0.1, 0.15) is 0 Å². The van der Waals surface area contributed by atoms with Crippen molar-refractivity contribution in [3.05, 3.63) is 24.3 Å². The van der Waals surface area contributed by atoms with Gasteiger partial charge in [0, 0.05) is 36.2 Å². The van der Waals surface area contributed by atoms with Crippen molar-refractivity contribution < 1.29 is 14.4 Å². The Morgan fingerprint density at radius 2 is 1.38 bits per heavy atom. The molecule has 6 heteroatoms. The molecule has 3 N–H and O–H groups in total. The van der Waals surface area contributed by atoms with E-state index in [1.54, 1.807) is 24.3 Å². The summed E-state index contributed by atoms with van der Waals surface area (Å²) in [5.41, 5.74) is 1.41. The van der Waals surface area contributed by atoms with Crippen LogP contribution in [-0.2, 0) is 14.4 Å². The minimum Gasteiger partial charge on any atom is -0.353 e. The molecule has 3 amide bonds.